The van der Waals surface area contributed by atoms with Crippen molar-refractivity contribution < 1.29 is 9.53 Å². The number of rotatable bonds is 4. The minimum atomic E-state index is -0.261. The summed E-state index contributed by atoms with van der Waals surface area (Å²) in [6, 6.07) is 15.2. The number of aromatic nitrogens is 4. The first-order chi connectivity index (χ1) is 13.5. The van der Waals surface area contributed by atoms with Crippen LogP contribution >= 0.6 is 0 Å². The van der Waals surface area contributed by atoms with Crippen LogP contribution in [0.15, 0.2) is 54.7 Å². The predicted molar refractivity (Wildman–Crippen MR) is 106 cm³/mol. The number of carbonyl (C=O) groups is 1. The van der Waals surface area contributed by atoms with Crippen molar-refractivity contribution >= 4 is 17.2 Å². The summed E-state index contributed by atoms with van der Waals surface area (Å²) in [5.41, 5.74) is 3.68. The van der Waals surface area contributed by atoms with Crippen molar-refractivity contribution in [3.8, 4) is 11.8 Å². The normalized spacial score (nSPS) is 10.8. The second-order valence-corrected chi connectivity index (χ2v) is 6.40. The molecule has 0 aliphatic heterocycles. The second-order valence-electron chi connectivity index (χ2n) is 6.40. The number of carbonyl (C=O) groups excluding carboxylic acids is 1. The summed E-state index contributed by atoms with van der Waals surface area (Å²) in [4.78, 5) is 26.1. The third kappa shape index (κ3) is 3.29. The number of pyridine rings is 1. The number of ether oxygens (including phenoxy) is 1. The maximum atomic E-state index is 12.9. The molecule has 7 nitrogen and oxygen atoms in total. The SMILES string of the molecule is Cc1nc(Oc2ccccc2)nc(C)c1NC(=O)c1c(C)nc2ccccn12. The topological polar surface area (TPSA) is 81.4 Å². The summed E-state index contributed by atoms with van der Waals surface area (Å²) in [6.45, 7) is 5.43. The van der Waals surface area contributed by atoms with Gasteiger partial charge in [-0.05, 0) is 45.0 Å². The molecule has 1 N–H and O–H groups in total. The van der Waals surface area contributed by atoms with E-state index in [1.165, 1.54) is 0 Å². The van der Waals surface area contributed by atoms with Gasteiger partial charge in [-0.3, -0.25) is 9.20 Å². The van der Waals surface area contributed by atoms with E-state index in [1.54, 1.807) is 4.40 Å². The predicted octanol–water partition coefficient (Wildman–Crippen LogP) is 4.09. The lowest BCUT2D eigenvalue weighted by atomic mass is 10.2. The minimum absolute atomic E-state index is 0.241. The van der Waals surface area contributed by atoms with Crippen molar-refractivity contribution in [2.24, 2.45) is 0 Å². The van der Waals surface area contributed by atoms with Gasteiger partial charge < -0.3 is 10.1 Å². The van der Waals surface area contributed by atoms with E-state index in [0.29, 0.717) is 34.2 Å². The van der Waals surface area contributed by atoms with Gasteiger partial charge in [0.1, 0.15) is 17.1 Å². The van der Waals surface area contributed by atoms with Gasteiger partial charge in [0.25, 0.3) is 5.91 Å². The first-order valence-electron chi connectivity index (χ1n) is 8.86. The average molecular weight is 373 g/mol. The van der Waals surface area contributed by atoms with E-state index in [-0.39, 0.29) is 11.9 Å². The number of hydrogen-bond acceptors (Lipinski definition) is 5. The highest BCUT2D eigenvalue weighted by Crippen LogP contribution is 2.24. The highest BCUT2D eigenvalue weighted by molar-refractivity contribution is 6.05. The molecule has 4 aromatic rings. The van der Waals surface area contributed by atoms with Gasteiger partial charge in [0.2, 0.25) is 0 Å². The molecule has 0 bridgehead atoms. The highest BCUT2D eigenvalue weighted by Gasteiger charge is 2.19. The molecule has 28 heavy (non-hydrogen) atoms. The van der Waals surface area contributed by atoms with Crippen molar-refractivity contribution in [3.05, 3.63) is 77.5 Å². The molecular formula is C21H19N5O2. The molecule has 7 heteroatoms. The largest absolute Gasteiger partial charge is 0.424 e. The van der Waals surface area contributed by atoms with Crippen molar-refractivity contribution in [3.63, 3.8) is 0 Å². The Morgan fingerprint density at radius 3 is 2.29 bits per heavy atom. The van der Waals surface area contributed by atoms with Gasteiger partial charge in [0, 0.05) is 6.20 Å². The summed E-state index contributed by atoms with van der Waals surface area (Å²) in [5.74, 6) is 0.391. The van der Waals surface area contributed by atoms with Gasteiger partial charge in [-0.25, -0.2) is 4.98 Å². The maximum absolute atomic E-state index is 12.9. The Morgan fingerprint density at radius 1 is 0.893 bits per heavy atom. The number of imidazole rings is 1. The zero-order valence-corrected chi connectivity index (χ0v) is 15.8. The van der Waals surface area contributed by atoms with Crippen molar-refractivity contribution in [1.82, 2.24) is 19.4 Å². The van der Waals surface area contributed by atoms with E-state index in [1.807, 2.05) is 75.5 Å². The van der Waals surface area contributed by atoms with Crippen LogP contribution in [0, 0.1) is 20.8 Å². The maximum Gasteiger partial charge on any atom is 0.322 e. The average Bonchev–Trinajstić information content (AvgIpc) is 3.01. The monoisotopic (exact) mass is 373 g/mol. The quantitative estimate of drug-likeness (QED) is 0.583. The number of aryl methyl sites for hydroxylation is 3. The first-order valence-corrected chi connectivity index (χ1v) is 8.86. The zero-order chi connectivity index (χ0) is 19.7. The highest BCUT2D eigenvalue weighted by atomic mass is 16.5. The van der Waals surface area contributed by atoms with Crippen LogP contribution in [-0.2, 0) is 0 Å². The van der Waals surface area contributed by atoms with E-state index < -0.39 is 0 Å². The number of para-hydroxylation sites is 1. The molecule has 0 aliphatic rings. The van der Waals surface area contributed by atoms with Gasteiger partial charge in [-0.1, -0.05) is 24.3 Å². The van der Waals surface area contributed by atoms with Gasteiger partial charge >= 0.3 is 6.01 Å². The lowest BCUT2D eigenvalue weighted by Crippen LogP contribution is -2.18. The molecule has 0 spiro atoms. The number of nitrogens with zero attached hydrogens (tertiary/aromatic N) is 4. The van der Waals surface area contributed by atoms with Crippen molar-refractivity contribution in [2.45, 2.75) is 20.8 Å². The Morgan fingerprint density at radius 2 is 1.57 bits per heavy atom. The van der Waals surface area contributed by atoms with Crippen LogP contribution in [0.2, 0.25) is 0 Å². The van der Waals surface area contributed by atoms with Crippen LogP contribution in [0.3, 0.4) is 0 Å². The summed E-state index contributed by atoms with van der Waals surface area (Å²) in [5, 5.41) is 2.92. The molecule has 0 saturated carbocycles. The van der Waals surface area contributed by atoms with Gasteiger partial charge in [-0.15, -0.1) is 0 Å². The van der Waals surface area contributed by atoms with Crippen LogP contribution in [0.25, 0.3) is 5.65 Å². The number of amides is 1. The first kappa shape index (κ1) is 17.7. The van der Waals surface area contributed by atoms with E-state index in [4.69, 9.17) is 4.74 Å². The molecule has 3 aromatic heterocycles. The lowest BCUT2D eigenvalue weighted by Gasteiger charge is -2.12. The van der Waals surface area contributed by atoms with Crippen LogP contribution in [0.5, 0.6) is 11.8 Å². The van der Waals surface area contributed by atoms with Crippen LogP contribution in [0.4, 0.5) is 5.69 Å². The Hall–Kier alpha value is -3.74. The third-order valence-electron chi connectivity index (χ3n) is 4.36. The summed E-state index contributed by atoms with van der Waals surface area (Å²) < 4.78 is 7.47. The number of benzene rings is 1. The van der Waals surface area contributed by atoms with Crippen LogP contribution in [0.1, 0.15) is 27.6 Å². The molecule has 140 valence electrons. The standard InChI is InChI=1S/C21H19N5O2/c1-13-18(14(2)24-21(23-13)28-16-9-5-4-6-10-16)25-20(27)19-15(3)22-17-11-7-8-12-26(17)19/h4-12H,1-3H3,(H,25,27). The summed E-state index contributed by atoms with van der Waals surface area (Å²) >= 11 is 0. The molecule has 3 heterocycles. The van der Waals surface area contributed by atoms with Gasteiger partial charge in [0.15, 0.2) is 0 Å². The van der Waals surface area contributed by atoms with E-state index in [2.05, 4.69) is 20.3 Å². The molecule has 1 aromatic carbocycles. The molecule has 0 fully saturated rings. The Balaban J connectivity index is 1.62. The summed E-state index contributed by atoms with van der Waals surface area (Å²) in [7, 11) is 0. The number of fused-ring (bicyclic) bond motifs is 1. The Kier molecular flexibility index (Phi) is 4.49. The molecule has 0 aliphatic carbocycles. The molecule has 1 amide bonds. The molecule has 0 unspecified atom stereocenters. The Labute approximate surface area is 162 Å². The van der Waals surface area contributed by atoms with E-state index in [9.17, 15) is 4.79 Å². The van der Waals surface area contributed by atoms with E-state index in [0.717, 1.165) is 5.65 Å². The smallest absolute Gasteiger partial charge is 0.322 e. The van der Waals surface area contributed by atoms with Gasteiger partial charge in [-0.2, -0.15) is 9.97 Å². The number of hydrogen-bond donors (Lipinski definition) is 1. The molecule has 0 radical (unpaired) electrons. The minimum Gasteiger partial charge on any atom is -0.424 e. The fraction of sp³-hybridized carbons (Fsp3) is 0.143. The van der Waals surface area contributed by atoms with E-state index >= 15 is 0 Å². The zero-order valence-electron chi connectivity index (χ0n) is 15.8. The van der Waals surface area contributed by atoms with Crippen molar-refractivity contribution in [2.75, 3.05) is 5.32 Å². The van der Waals surface area contributed by atoms with Crippen LogP contribution < -0.4 is 10.1 Å². The van der Waals surface area contributed by atoms with Gasteiger partial charge in [0.05, 0.1) is 22.8 Å². The number of nitrogens with one attached hydrogen (secondary N) is 1. The molecule has 0 atom stereocenters. The second kappa shape index (κ2) is 7.11. The fourth-order valence-electron chi connectivity index (χ4n) is 3.07. The molecular weight excluding hydrogens is 354 g/mol. The lowest BCUT2D eigenvalue weighted by molar-refractivity contribution is 0.102. The summed E-state index contributed by atoms with van der Waals surface area (Å²) in [6.07, 6.45) is 1.82. The number of anilines is 1. The fourth-order valence-corrected chi connectivity index (χ4v) is 3.07. The van der Waals surface area contributed by atoms with Crippen LogP contribution in [-0.4, -0.2) is 25.3 Å². The molecule has 0 saturated heterocycles. The molecule has 4 rings (SSSR count). The van der Waals surface area contributed by atoms with Crippen molar-refractivity contribution in [1.29, 1.82) is 0 Å². The third-order valence-corrected chi connectivity index (χ3v) is 4.36. The Bertz CT molecular complexity index is 1150.